The summed E-state index contributed by atoms with van der Waals surface area (Å²) in [7, 11) is 0. The molecule has 1 aliphatic heterocycles. The highest BCUT2D eigenvalue weighted by Crippen LogP contribution is 2.46. The highest BCUT2D eigenvalue weighted by atomic mass is 32.1. The molecule has 1 saturated heterocycles. The molecule has 0 bridgehead atoms. The first kappa shape index (κ1) is 15.0. The molecular formula is C16H24N2O2S. The van der Waals surface area contributed by atoms with Crippen molar-refractivity contribution in [2.24, 2.45) is 5.92 Å². The van der Waals surface area contributed by atoms with Gasteiger partial charge in [-0.25, -0.2) is 0 Å². The molecule has 2 fully saturated rings. The molecule has 0 aromatic carbocycles. The van der Waals surface area contributed by atoms with Crippen LogP contribution in [0.25, 0.3) is 0 Å². The van der Waals surface area contributed by atoms with E-state index in [0.29, 0.717) is 19.1 Å². The number of hydrogen-bond donors (Lipinski definition) is 1. The lowest BCUT2D eigenvalue weighted by Crippen LogP contribution is -2.34. The molecular weight excluding hydrogens is 284 g/mol. The molecule has 1 atom stereocenters. The van der Waals surface area contributed by atoms with E-state index in [1.165, 1.54) is 4.88 Å². The Morgan fingerprint density at radius 1 is 1.48 bits per heavy atom. The quantitative estimate of drug-likeness (QED) is 0.788. The maximum Gasteiger partial charge on any atom is 0.244 e. The average Bonchev–Trinajstić information content (AvgIpc) is 2.93. The first-order chi connectivity index (χ1) is 10.1. The van der Waals surface area contributed by atoms with Gasteiger partial charge in [0.05, 0.1) is 6.61 Å². The molecule has 1 spiro atoms. The Morgan fingerprint density at radius 2 is 2.29 bits per heavy atom. The number of carbonyl (C=O) groups excluding carboxylic acids is 1. The van der Waals surface area contributed by atoms with Crippen molar-refractivity contribution < 1.29 is 9.53 Å². The second-order valence-electron chi connectivity index (χ2n) is 6.44. The summed E-state index contributed by atoms with van der Waals surface area (Å²) in [5.74, 6) is 0.919. The summed E-state index contributed by atoms with van der Waals surface area (Å²) < 4.78 is 5.69. The normalized spacial score (nSPS) is 23.5. The number of nitrogens with one attached hydrogen (secondary N) is 1. The highest BCUT2D eigenvalue weighted by Gasteiger charge is 2.59. The third kappa shape index (κ3) is 3.15. The van der Waals surface area contributed by atoms with Crippen molar-refractivity contribution in [3.63, 3.8) is 0 Å². The van der Waals surface area contributed by atoms with Gasteiger partial charge in [-0.2, -0.15) is 0 Å². The average molecular weight is 308 g/mol. The fourth-order valence-corrected chi connectivity index (χ4v) is 3.55. The molecule has 3 rings (SSSR count). The first-order valence-electron chi connectivity index (χ1n) is 7.82. The summed E-state index contributed by atoms with van der Waals surface area (Å²) in [4.78, 5) is 15.8. The van der Waals surface area contributed by atoms with Crippen LogP contribution in [0.4, 0.5) is 0 Å². The number of rotatable bonds is 7. The zero-order chi connectivity index (χ0) is 14.9. The van der Waals surface area contributed by atoms with E-state index in [0.717, 1.165) is 25.9 Å². The van der Waals surface area contributed by atoms with E-state index in [2.05, 4.69) is 30.6 Å². The fourth-order valence-electron chi connectivity index (χ4n) is 2.76. The number of carbonyl (C=O) groups is 1. The van der Waals surface area contributed by atoms with E-state index in [1.54, 1.807) is 11.3 Å². The van der Waals surface area contributed by atoms with E-state index in [4.69, 9.17) is 4.74 Å². The van der Waals surface area contributed by atoms with Crippen LogP contribution < -0.4 is 5.32 Å². The zero-order valence-corrected chi connectivity index (χ0v) is 13.6. The maximum atomic E-state index is 12.6. The molecule has 4 nitrogen and oxygen atoms in total. The van der Waals surface area contributed by atoms with E-state index in [9.17, 15) is 4.79 Å². The minimum absolute atomic E-state index is 0.0358. The van der Waals surface area contributed by atoms with Crippen LogP contribution in [-0.2, 0) is 9.53 Å². The molecule has 1 aliphatic carbocycles. The molecule has 1 unspecified atom stereocenters. The molecule has 1 saturated carbocycles. The van der Waals surface area contributed by atoms with Gasteiger partial charge in [-0.1, -0.05) is 19.9 Å². The minimum atomic E-state index is -0.257. The van der Waals surface area contributed by atoms with Gasteiger partial charge in [0.15, 0.2) is 0 Å². The molecule has 116 valence electrons. The van der Waals surface area contributed by atoms with Crippen molar-refractivity contribution in [2.75, 3.05) is 19.8 Å². The largest absolute Gasteiger partial charge is 0.380 e. The Kier molecular flexibility index (Phi) is 4.33. The van der Waals surface area contributed by atoms with Crippen LogP contribution in [0.1, 0.15) is 44.2 Å². The SMILES string of the molecule is CC(C)CCOCCN1C(=O)C2(CC2)NC1c1cccs1. The predicted molar refractivity (Wildman–Crippen MR) is 84.1 cm³/mol. The van der Waals surface area contributed by atoms with Gasteiger partial charge in [0.1, 0.15) is 11.7 Å². The summed E-state index contributed by atoms with van der Waals surface area (Å²) in [6.45, 7) is 6.47. The van der Waals surface area contributed by atoms with E-state index < -0.39 is 0 Å². The van der Waals surface area contributed by atoms with Crippen LogP contribution in [0, 0.1) is 5.92 Å². The summed E-state index contributed by atoms with van der Waals surface area (Å²) in [5, 5.41) is 5.60. The van der Waals surface area contributed by atoms with Crippen molar-refractivity contribution in [3.8, 4) is 0 Å². The van der Waals surface area contributed by atoms with Crippen LogP contribution >= 0.6 is 11.3 Å². The molecule has 2 heterocycles. The molecule has 5 heteroatoms. The Balaban J connectivity index is 1.57. The van der Waals surface area contributed by atoms with Gasteiger partial charge >= 0.3 is 0 Å². The van der Waals surface area contributed by atoms with Crippen molar-refractivity contribution in [3.05, 3.63) is 22.4 Å². The minimum Gasteiger partial charge on any atom is -0.380 e. The third-order valence-electron chi connectivity index (χ3n) is 4.27. The Labute approximate surface area is 130 Å². The number of amides is 1. The Hall–Kier alpha value is -0.910. The Bertz CT molecular complexity index is 482. The second-order valence-corrected chi connectivity index (χ2v) is 7.42. The van der Waals surface area contributed by atoms with Crippen LogP contribution in [-0.4, -0.2) is 36.1 Å². The van der Waals surface area contributed by atoms with E-state index in [1.807, 2.05) is 11.0 Å². The van der Waals surface area contributed by atoms with Gasteiger partial charge in [0.2, 0.25) is 5.91 Å². The lowest BCUT2D eigenvalue weighted by atomic mass is 10.1. The fraction of sp³-hybridized carbons (Fsp3) is 0.688. The summed E-state index contributed by atoms with van der Waals surface area (Å²) in [5.41, 5.74) is -0.257. The van der Waals surface area contributed by atoms with Crippen molar-refractivity contribution in [2.45, 2.75) is 44.8 Å². The van der Waals surface area contributed by atoms with Gasteiger partial charge in [0.25, 0.3) is 0 Å². The summed E-state index contributed by atoms with van der Waals surface area (Å²) >= 11 is 1.70. The second kappa shape index (κ2) is 6.07. The molecule has 1 aromatic rings. The Morgan fingerprint density at radius 3 is 2.90 bits per heavy atom. The van der Waals surface area contributed by atoms with Crippen LogP contribution in [0.5, 0.6) is 0 Å². The van der Waals surface area contributed by atoms with Crippen LogP contribution in [0.15, 0.2) is 17.5 Å². The third-order valence-corrected chi connectivity index (χ3v) is 5.20. The topological polar surface area (TPSA) is 41.6 Å². The number of ether oxygens (including phenoxy) is 1. The van der Waals surface area contributed by atoms with Crippen LogP contribution in [0.3, 0.4) is 0 Å². The van der Waals surface area contributed by atoms with Gasteiger partial charge in [-0.15, -0.1) is 11.3 Å². The molecule has 1 aromatic heterocycles. The van der Waals surface area contributed by atoms with Crippen LogP contribution in [0.2, 0.25) is 0 Å². The van der Waals surface area contributed by atoms with E-state index in [-0.39, 0.29) is 17.6 Å². The monoisotopic (exact) mass is 308 g/mol. The highest BCUT2D eigenvalue weighted by molar-refractivity contribution is 7.10. The lowest BCUT2D eigenvalue weighted by Gasteiger charge is -2.23. The van der Waals surface area contributed by atoms with Crippen molar-refractivity contribution in [1.82, 2.24) is 10.2 Å². The van der Waals surface area contributed by atoms with Gasteiger partial charge in [0, 0.05) is 18.0 Å². The molecule has 1 amide bonds. The number of nitrogens with zero attached hydrogens (tertiary/aromatic N) is 1. The smallest absolute Gasteiger partial charge is 0.244 e. The lowest BCUT2D eigenvalue weighted by molar-refractivity contribution is -0.131. The maximum absolute atomic E-state index is 12.6. The number of hydrogen-bond acceptors (Lipinski definition) is 4. The van der Waals surface area contributed by atoms with Crippen molar-refractivity contribution in [1.29, 1.82) is 0 Å². The summed E-state index contributed by atoms with van der Waals surface area (Å²) in [6.07, 6.45) is 3.05. The molecule has 1 N–H and O–H groups in total. The van der Waals surface area contributed by atoms with Gasteiger partial charge < -0.3 is 9.64 Å². The first-order valence-corrected chi connectivity index (χ1v) is 8.70. The van der Waals surface area contributed by atoms with Gasteiger partial charge in [-0.05, 0) is 36.6 Å². The molecule has 21 heavy (non-hydrogen) atoms. The zero-order valence-electron chi connectivity index (χ0n) is 12.8. The van der Waals surface area contributed by atoms with E-state index >= 15 is 0 Å². The number of thiophene rings is 1. The predicted octanol–water partition coefficient (Wildman–Crippen LogP) is 2.77. The van der Waals surface area contributed by atoms with Crippen molar-refractivity contribution >= 4 is 17.2 Å². The van der Waals surface area contributed by atoms with Gasteiger partial charge in [-0.3, -0.25) is 10.1 Å². The standard InChI is InChI=1S/C16H24N2O2S/c1-12(2)5-9-20-10-8-18-14(13-4-3-11-21-13)17-16(6-7-16)15(18)19/h3-4,11-12,14,17H,5-10H2,1-2H3. The molecule has 2 aliphatic rings. The summed E-state index contributed by atoms with van der Waals surface area (Å²) in [6, 6.07) is 4.14. The molecule has 0 radical (unpaired) electrons.